The zero-order valence-electron chi connectivity index (χ0n) is 9.30. The molecular formula is C10H15N3O2S. The molecule has 0 aliphatic rings. The zero-order valence-corrected chi connectivity index (χ0v) is 10.1. The third kappa shape index (κ3) is 4.48. The normalized spacial score (nSPS) is 12.1. The summed E-state index contributed by atoms with van der Waals surface area (Å²) in [5.74, 6) is -0.0432. The molecule has 0 aromatic carbocycles. The maximum atomic E-state index is 10.4. The van der Waals surface area contributed by atoms with E-state index in [1.54, 1.807) is 11.8 Å². The predicted molar refractivity (Wildman–Crippen MR) is 63.8 cm³/mol. The van der Waals surface area contributed by atoms with Gasteiger partial charge in [0.2, 0.25) is 0 Å². The number of anilines is 1. The van der Waals surface area contributed by atoms with Gasteiger partial charge in [-0.2, -0.15) is 0 Å². The summed E-state index contributed by atoms with van der Waals surface area (Å²) in [6.07, 6.45) is 4.18. The molecular weight excluding hydrogens is 226 g/mol. The minimum Gasteiger partial charge on any atom is -0.481 e. The van der Waals surface area contributed by atoms with Gasteiger partial charge in [-0.15, -0.1) is 11.8 Å². The van der Waals surface area contributed by atoms with Gasteiger partial charge in [-0.1, -0.05) is 0 Å². The van der Waals surface area contributed by atoms with Crippen molar-refractivity contribution in [2.45, 2.75) is 30.8 Å². The number of nitrogens with zero attached hydrogens (tertiary/aromatic N) is 2. The number of hydrogen-bond donors (Lipinski definition) is 2. The molecule has 1 heterocycles. The fourth-order valence-electron chi connectivity index (χ4n) is 1.19. The van der Waals surface area contributed by atoms with Gasteiger partial charge >= 0.3 is 5.97 Å². The van der Waals surface area contributed by atoms with Gasteiger partial charge in [0.1, 0.15) is 17.2 Å². The maximum Gasteiger partial charge on any atom is 0.303 e. The van der Waals surface area contributed by atoms with Crippen molar-refractivity contribution < 1.29 is 9.90 Å². The second-order valence-corrected chi connectivity index (χ2v) is 4.25. The van der Waals surface area contributed by atoms with Crippen molar-refractivity contribution in [3.63, 3.8) is 0 Å². The molecule has 0 saturated carbocycles. The summed E-state index contributed by atoms with van der Waals surface area (Å²) >= 11 is 1.54. The van der Waals surface area contributed by atoms with Crippen LogP contribution in [0.3, 0.4) is 0 Å². The summed E-state index contributed by atoms with van der Waals surface area (Å²) in [6, 6.07) is 1.93. The van der Waals surface area contributed by atoms with E-state index in [1.807, 2.05) is 19.2 Å². The Morgan fingerprint density at radius 3 is 3.00 bits per heavy atom. The van der Waals surface area contributed by atoms with Gasteiger partial charge in [-0.05, 0) is 19.6 Å². The molecule has 0 aliphatic heterocycles. The van der Waals surface area contributed by atoms with E-state index in [0.29, 0.717) is 6.42 Å². The largest absolute Gasteiger partial charge is 0.481 e. The molecule has 1 aromatic heterocycles. The predicted octanol–water partition coefficient (Wildman–Crippen LogP) is 1.86. The number of carboxylic acid groups (broad SMARTS) is 1. The number of hydrogen-bond acceptors (Lipinski definition) is 5. The van der Waals surface area contributed by atoms with Gasteiger partial charge in [-0.25, -0.2) is 9.97 Å². The summed E-state index contributed by atoms with van der Waals surface area (Å²) in [7, 11) is 0. The van der Waals surface area contributed by atoms with Crippen molar-refractivity contribution in [2.24, 2.45) is 0 Å². The molecule has 0 saturated heterocycles. The molecule has 16 heavy (non-hydrogen) atoms. The van der Waals surface area contributed by atoms with Crippen LogP contribution in [0.5, 0.6) is 0 Å². The van der Waals surface area contributed by atoms with E-state index in [2.05, 4.69) is 15.3 Å². The van der Waals surface area contributed by atoms with Crippen LogP contribution in [-0.4, -0.2) is 33.3 Å². The molecule has 1 aromatic rings. The molecule has 0 fully saturated rings. The van der Waals surface area contributed by atoms with Crippen LogP contribution in [0.2, 0.25) is 0 Å². The van der Waals surface area contributed by atoms with E-state index < -0.39 is 5.97 Å². The van der Waals surface area contributed by atoms with E-state index >= 15 is 0 Å². The van der Waals surface area contributed by atoms with Gasteiger partial charge in [0.05, 0.1) is 0 Å². The highest BCUT2D eigenvalue weighted by Gasteiger charge is 2.06. The average molecular weight is 241 g/mol. The Kier molecular flexibility index (Phi) is 5.04. The fraction of sp³-hybridized carbons (Fsp3) is 0.500. The third-order valence-corrected chi connectivity index (χ3v) is 2.68. The summed E-state index contributed by atoms with van der Waals surface area (Å²) in [5.41, 5.74) is 0. The van der Waals surface area contributed by atoms with Crippen LogP contribution < -0.4 is 5.32 Å². The number of aliphatic carboxylic acids is 1. The molecule has 0 amide bonds. The van der Waals surface area contributed by atoms with Crippen molar-refractivity contribution in [3.8, 4) is 0 Å². The minimum absolute atomic E-state index is 0.0840. The van der Waals surface area contributed by atoms with Crippen LogP contribution in [-0.2, 0) is 4.79 Å². The lowest BCUT2D eigenvalue weighted by molar-refractivity contribution is -0.137. The van der Waals surface area contributed by atoms with Crippen molar-refractivity contribution in [1.82, 2.24) is 9.97 Å². The quantitative estimate of drug-likeness (QED) is 0.585. The topological polar surface area (TPSA) is 75.1 Å². The second-order valence-electron chi connectivity index (χ2n) is 3.42. The number of thioether (sulfide) groups is 1. The molecule has 6 heteroatoms. The second kappa shape index (κ2) is 6.32. The van der Waals surface area contributed by atoms with Gasteiger partial charge < -0.3 is 10.4 Å². The molecule has 1 atom stereocenters. The molecule has 88 valence electrons. The van der Waals surface area contributed by atoms with Crippen molar-refractivity contribution >= 4 is 23.5 Å². The fourth-order valence-corrected chi connectivity index (χ4v) is 1.58. The Morgan fingerprint density at radius 2 is 2.38 bits per heavy atom. The van der Waals surface area contributed by atoms with Crippen LogP contribution in [0.1, 0.15) is 19.8 Å². The van der Waals surface area contributed by atoms with Crippen LogP contribution in [0.25, 0.3) is 0 Å². The Hall–Kier alpha value is -1.30. The molecule has 1 rings (SSSR count). The monoisotopic (exact) mass is 241 g/mol. The van der Waals surface area contributed by atoms with Crippen molar-refractivity contribution in [2.75, 3.05) is 11.6 Å². The lowest BCUT2D eigenvalue weighted by Crippen LogP contribution is -2.17. The average Bonchev–Trinajstić information content (AvgIpc) is 2.26. The van der Waals surface area contributed by atoms with E-state index in [4.69, 9.17) is 5.11 Å². The Labute approximate surface area is 98.7 Å². The number of carboxylic acids is 1. The first-order valence-electron chi connectivity index (χ1n) is 4.96. The lowest BCUT2D eigenvalue weighted by Gasteiger charge is -2.13. The van der Waals surface area contributed by atoms with Crippen LogP contribution >= 0.6 is 11.8 Å². The van der Waals surface area contributed by atoms with E-state index in [0.717, 1.165) is 10.8 Å². The highest BCUT2D eigenvalue weighted by atomic mass is 32.2. The van der Waals surface area contributed by atoms with Crippen LogP contribution in [0.15, 0.2) is 17.4 Å². The van der Waals surface area contributed by atoms with Crippen LogP contribution in [0, 0.1) is 0 Å². The zero-order chi connectivity index (χ0) is 12.0. The minimum atomic E-state index is -0.777. The molecule has 0 radical (unpaired) electrons. The molecule has 0 spiro atoms. The Balaban J connectivity index is 2.48. The molecule has 1 unspecified atom stereocenters. The third-order valence-electron chi connectivity index (χ3n) is 2.04. The standard InChI is InChI=1S/C10H15N3O2S/c1-7(3-4-10(14)15)13-8-5-9(16-2)12-6-11-8/h5-7H,3-4H2,1-2H3,(H,14,15)(H,11,12,13). The molecule has 0 bridgehead atoms. The van der Waals surface area contributed by atoms with Gasteiger partial charge in [0, 0.05) is 18.5 Å². The number of nitrogens with one attached hydrogen (secondary N) is 1. The highest BCUT2D eigenvalue weighted by molar-refractivity contribution is 7.98. The summed E-state index contributed by atoms with van der Waals surface area (Å²) in [5, 5.41) is 12.6. The molecule has 0 aliphatic carbocycles. The van der Waals surface area contributed by atoms with Crippen molar-refractivity contribution in [1.29, 1.82) is 0 Å². The highest BCUT2D eigenvalue weighted by Crippen LogP contribution is 2.15. The van der Waals surface area contributed by atoms with Gasteiger partial charge in [0.15, 0.2) is 0 Å². The Bertz CT molecular complexity index is 360. The smallest absolute Gasteiger partial charge is 0.303 e. The summed E-state index contributed by atoms with van der Waals surface area (Å²) < 4.78 is 0. The van der Waals surface area contributed by atoms with Gasteiger partial charge in [-0.3, -0.25) is 4.79 Å². The van der Waals surface area contributed by atoms with Gasteiger partial charge in [0.25, 0.3) is 0 Å². The first kappa shape index (κ1) is 12.8. The van der Waals surface area contributed by atoms with E-state index in [-0.39, 0.29) is 12.5 Å². The number of rotatable bonds is 6. The summed E-state index contributed by atoms with van der Waals surface area (Å²) in [6.45, 7) is 1.93. The molecule has 2 N–H and O–H groups in total. The van der Waals surface area contributed by atoms with E-state index in [1.165, 1.54) is 6.33 Å². The number of carbonyl (C=O) groups is 1. The first-order chi connectivity index (χ1) is 7.61. The first-order valence-corrected chi connectivity index (χ1v) is 6.18. The van der Waals surface area contributed by atoms with Crippen molar-refractivity contribution in [3.05, 3.63) is 12.4 Å². The number of aromatic nitrogens is 2. The van der Waals surface area contributed by atoms with E-state index in [9.17, 15) is 4.79 Å². The lowest BCUT2D eigenvalue weighted by atomic mass is 10.2. The Morgan fingerprint density at radius 1 is 1.62 bits per heavy atom. The maximum absolute atomic E-state index is 10.4. The summed E-state index contributed by atoms with van der Waals surface area (Å²) in [4.78, 5) is 18.5. The SMILES string of the molecule is CSc1cc(NC(C)CCC(=O)O)ncn1. The molecule has 5 nitrogen and oxygen atoms in total. The van der Waals surface area contributed by atoms with Crippen LogP contribution in [0.4, 0.5) is 5.82 Å².